The summed E-state index contributed by atoms with van der Waals surface area (Å²) < 4.78 is 1.00. The Morgan fingerprint density at radius 3 is 2.61 bits per heavy atom. The van der Waals surface area contributed by atoms with Crippen LogP contribution in [-0.4, -0.2) is 17.1 Å². The fraction of sp³-hybridized carbons (Fsp3) is 0.529. The maximum absolute atomic E-state index is 11.9. The third-order valence-corrected chi connectivity index (χ3v) is 5.37. The molecular weight excluding hydrogens is 374 g/mol. The summed E-state index contributed by atoms with van der Waals surface area (Å²) in [5.74, 6) is 1.18. The lowest BCUT2D eigenvalue weighted by Crippen LogP contribution is -2.52. The molecule has 3 N–H and O–H groups in total. The minimum Gasteiger partial charge on any atom is -0.358 e. The van der Waals surface area contributed by atoms with Crippen LogP contribution >= 0.6 is 28.1 Å². The van der Waals surface area contributed by atoms with Gasteiger partial charge in [-0.1, -0.05) is 54.8 Å². The van der Waals surface area contributed by atoms with Crippen molar-refractivity contribution < 1.29 is 4.79 Å². The topological polar surface area (TPSA) is 53.2 Å². The average Bonchev–Trinajstić information content (AvgIpc) is 2.52. The first kappa shape index (κ1) is 18.2. The fourth-order valence-corrected chi connectivity index (χ4v) is 3.42. The maximum Gasteiger partial charge on any atom is 0.242 e. The molecule has 0 aliphatic heterocycles. The number of carbonyl (C=O) groups is 1. The molecule has 23 heavy (non-hydrogen) atoms. The molecule has 0 bridgehead atoms. The molecule has 0 aromatic heterocycles. The highest BCUT2D eigenvalue weighted by molar-refractivity contribution is 9.10. The summed E-state index contributed by atoms with van der Waals surface area (Å²) in [5, 5.41) is 3.81. The molecule has 1 aliphatic carbocycles. The third kappa shape index (κ3) is 5.77. The molecule has 1 aromatic carbocycles. The minimum absolute atomic E-state index is 0.110. The number of nitrogens with one attached hydrogen (secondary N) is 3. The Bertz CT molecular complexity index is 549. The highest BCUT2D eigenvalue weighted by atomic mass is 79.9. The summed E-state index contributed by atoms with van der Waals surface area (Å²) in [6.07, 6.45) is 3.95. The molecule has 3 atom stereocenters. The molecule has 0 radical (unpaired) electrons. The van der Waals surface area contributed by atoms with Crippen molar-refractivity contribution in [3.05, 3.63) is 34.3 Å². The number of thiocarbonyl (C=S) groups is 1. The quantitative estimate of drug-likeness (QED) is 0.540. The van der Waals surface area contributed by atoms with Crippen LogP contribution in [0.4, 0.5) is 0 Å². The van der Waals surface area contributed by atoms with Crippen molar-refractivity contribution in [2.75, 3.05) is 0 Å². The normalized spacial score (nSPS) is 23.9. The highest BCUT2D eigenvalue weighted by Gasteiger charge is 2.27. The Morgan fingerprint density at radius 2 is 1.91 bits per heavy atom. The van der Waals surface area contributed by atoms with Gasteiger partial charge in [0.2, 0.25) is 5.91 Å². The van der Waals surface area contributed by atoms with Crippen molar-refractivity contribution in [2.24, 2.45) is 11.8 Å². The predicted octanol–water partition coefficient (Wildman–Crippen LogP) is 3.31. The van der Waals surface area contributed by atoms with Gasteiger partial charge in [-0.05, 0) is 48.2 Å². The van der Waals surface area contributed by atoms with E-state index in [1.807, 2.05) is 24.3 Å². The van der Waals surface area contributed by atoms with E-state index in [9.17, 15) is 4.79 Å². The lowest BCUT2D eigenvalue weighted by molar-refractivity contribution is -0.121. The van der Waals surface area contributed by atoms with Gasteiger partial charge in [-0.25, -0.2) is 0 Å². The molecule has 1 amide bonds. The zero-order valence-electron chi connectivity index (χ0n) is 13.6. The highest BCUT2D eigenvalue weighted by Crippen LogP contribution is 2.29. The average molecular weight is 398 g/mol. The van der Waals surface area contributed by atoms with Crippen molar-refractivity contribution in [1.82, 2.24) is 16.2 Å². The maximum atomic E-state index is 11.9. The van der Waals surface area contributed by atoms with E-state index in [-0.39, 0.29) is 5.91 Å². The summed E-state index contributed by atoms with van der Waals surface area (Å²) in [6, 6.07) is 8.07. The van der Waals surface area contributed by atoms with E-state index in [4.69, 9.17) is 12.2 Å². The van der Waals surface area contributed by atoms with Gasteiger partial charge in [0.25, 0.3) is 0 Å². The largest absolute Gasteiger partial charge is 0.358 e. The number of benzene rings is 1. The Kier molecular flexibility index (Phi) is 6.84. The number of rotatable bonds is 3. The van der Waals surface area contributed by atoms with Crippen LogP contribution in [-0.2, 0) is 11.2 Å². The van der Waals surface area contributed by atoms with Gasteiger partial charge >= 0.3 is 0 Å². The number of hydrazine groups is 1. The van der Waals surface area contributed by atoms with Crippen molar-refractivity contribution in [3.8, 4) is 0 Å². The van der Waals surface area contributed by atoms with Gasteiger partial charge in [-0.3, -0.25) is 15.6 Å². The monoisotopic (exact) mass is 397 g/mol. The van der Waals surface area contributed by atoms with Crippen LogP contribution in [0, 0.1) is 11.8 Å². The smallest absolute Gasteiger partial charge is 0.242 e. The van der Waals surface area contributed by atoms with Crippen molar-refractivity contribution in [2.45, 2.75) is 45.6 Å². The number of amides is 1. The van der Waals surface area contributed by atoms with Crippen LogP contribution in [0.5, 0.6) is 0 Å². The van der Waals surface area contributed by atoms with Crippen molar-refractivity contribution >= 4 is 39.2 Å². The molecule has 0 heterocycles. The van der Waals surface area contributed by atoms with Gasteiger partial charge < -0.3 is 5.32 Å². The molecule has 1 aliphatic rings. The van der Waals surface area contributed by atoms with Crippen LogP contribution in [0.15, 0.2) is 28.7 Å². The van der Waals surface area contributed by atoms with E-state index in [2.05, 4.69) is 45.9 Å². The number of halogens is 1. The second-order valence-corrected chi connectivity index (χ2v) is 7.65. The lowest BCUT2D eigenvalue weighted by atomic mass is 9.78. The van der Waals surface area contributed by atoms with E-state index in [0.29, 0.717) is 29.4 Å². The standard InChI is InChI=1S/C17H24BrN3OS/c1-11-4-3-5-15(12(11)2)19-17(23)21-20-16(22)10-13-6-8-14(18)9-7-13/h6-9,11-12,15H,3-5,10H2,1-2H3,(H,20,22)(H2,19,21,23)/t11-,12+,15+/m0/s1. The number of carbonyl (C=O) groups excluding carboxylic acids is 1. The van der Waals surface area contributed by atoms with Gasteiger partial charge in [-0.15, -0.1) is 0 Å². The van der Waals surface area contributed by atoms with Crippen molar-refractivity contribution in [1.29, 1.82) is 0 Å². The SMILES string of the molecule is C[C@@H]1[C@@H](C)CCC[C@H]1NC(=S)NNC(=O)Cc1ccc(Br)cc1. The molecule has 1 aromatic rings. The predicted molar refractivity (Wildman–Crippen MR) is 101 cm³/mol. The molecule has 126 valence electrons. The van der Waals surface area contributed by atoms with Crippen LogP contribution in [0.1, 0.15) is 38.7 Å². The Hall–Kier alpha value is -1.14. The minimum atomic E-state index is -0.110. The molecule has 1 saturated carbocycles. The Labute approximate surface area is 151 Å². The summed E-state index contributed by atoms with van der Waals surface area (Å²) in [4.78, 5) is 11.9. The first-order valence-corrected chi connectivity index (χ1v) is 9.25. The van der Waals surface area contributed by atoms with Crippen LogP contribution in [0.2, 0.25) is 0 Å². The summed E-state index contributed by atoms with van der Waals surface area (Å²) >= 11 is 8.66. The van der Waals surface area contributed by atoms with Gasteiger partial charge in [0, 0.05) is 10.5 Å². The number of hydrogen-bond donors (Lipinski definition) is 3. The van der Waals surface area contributed by atoms with E-state index >= 15 is 0 Å². The third-order valence-electron chi connectivity index (χ3n) is 4.62. The Balaban J connectivity index is 1.73. The van der Waals surface area contributed by atoms with E-state index in [0.717, 1.165) is 16.5 Å². The zero-order chi connectivity index (χ0) is 16.8. The molecule has 2 rings (SSSR count). The van der Waals surface area contributed by atoms with E-state index in [1.54, 1.807) is 0 Å². The zero-order valence-corrected chi connectivity index (χ0v) is 16.0. The molecule has 4 nitrogen and oxygen atoms in total. The van der Waals surface area contributed by atoms with Crippen LogP contribution in [0.25, 0.3) is 0 Å². The lowest BCUT2D eigenvalue weighted by Gasteiger charge is -2.35. The summed E-state index contributed by atoms with van der Waals surface area (Å²) in [5.41, 5.74) is 6.42. The first-order valence-electron chi connectivity index (χ1n) is 8.05. The molecular formula is C17H24BrN3OS. The van der Waals surface area contributed by atoms with Gasteiger partial charge in [0.05, 0.1) is 6.42 Å². The second kappa shape index (κ2) is 8.64. The molecule has 1 fully saturated rings. The van der Waals surface area contributed by atoms with E-state index in [1.165, 1.54) is 12.8 Å². The van der Waals surface area contributed by atoms with Gasteiger partial charge in [-0.2, -0.15) is 0 Å². The first-order chi connectivity index (χ1) is 11.0. The second-order valence-electron chi connectivity index (χ2n) is 6.32. The van der Waals surface area contributed by atoms with Gasteiger partial charge in [0.15, 0.2) is 5.11 Å². The summed E-state index contributed by atoms with van der Waals surface area (Å²) in [7, 11) is 0. The van der Waals surface area contributed by atoms with Crippen LogP contribution in [0.3, 0.4) is 0 Å². The number of hydrogen-bond acceptors (Lipinski definition) is 2. The Morgan fingerprint density at radius 1 is 1.22 bits per heavy atom. The molecule has 0 saturated heterocycles. The van der Waals surface area contributed by atoms with Crippen molar-refractivity contribution in [3.63, 3.8) is 0 Å². The molecule has 0 spiro atoms. The summed E-state index contributed by atoms with van der Waals surface area (Å²) in [6.45, 7) is 4.55. The fourth-order valence-electron chi connectivity index (χ4n) is 2.95. The molecule has 0 unspecified atom stereocenters. The van der Waals surface area contributed by atoms with Gasteiger partial charge in [0.1, 0.15) is 0 Å². The van der Waals surface area contributed by atoms with E-state index < -0.39 is 0 Å². The van der Waals surface area contributed by atoms with Crippen LogP contribution < -0.4 is 16.2 Å². The molecule has 6 heteroatoms.